The van der Waals surface area contributed by atoms with E-state index in [2.05, 4.69) is 12.2 Å². The summed E-state index contributed by atoms with van der Waals surface area (Å²) in [6.45, 7) is 2.41. The molecule has 1 amide bonds. The monoisotopic (exact) mass is 331 g/mol. The topological polar surface area (TPSA) is 55.4 Å². The van der Waals surface area contributed by atoms with Crippen molar-refractivity contribution >= 4 is 16.7 Å². The van der Waals surface area contributed by atoms with E-state index in [4.69, 9.17) is 4.74 Å². The molecular formula is C18H21NO3S. The second-order valence-corrected chi connectivity index (χ2v) is 6.57. The van der Waals surface area contributed by atoms with Crippen molar-refractivity contribution in [2.45, 2.75) is 18.2 Å². The first-order valence-corrected chi connectivity index (χ1v) is 8.93. The van der Waals surface area contributed by atoms with Crippen LogP contribution >= 0.6 is 0 Å². The van der Waals surface area contributed by atoms with Gasteiger partial charge in [-0.15, -0.1) is 0 Å². The summed E-state index contributed by atoms with van der Waals surface area (Å²) in [6.07, 6.45) is 0.972. The third-order valence-electron chi connectivity index (χ3n) is 3.32. The van der Waals surface area contributed by atoms with Crippen LogP contribution in [0.5, 0.6) is 5.75 Å². The predicted molar refractivity (Wildman–Crippen MR) is 92.0 cm³/mol. The van der Waals surface area contributed by atoms with Gasteiger partial charge in [0.2, 0.25) is 0 Å². The lowest BCUT2D eigenvalue weighted by molar-refractivity contribution is -0.122. The Labute approximate surface area is 139 Å². The number of benzene rings is 2. The first kappa shape index (κ1) is 17.2. The number of rotatable bonds is 8. The molecule has 0 saturated heterocycles. The van der Waals surface area contributed by atoms with Gasteiger partial charge in [0.05, 0.1) is 10.8 Å². The van der Waals surface area contributed by atoms with Gasteiger partial charge in [-0.25, -0.2) is 0 Å². The van der Waals surface area contributed by atoms with E-state index in [0.717, 1.165) is 11.3 Å². The van der Waals surface area contributed by atoms with Crippen LogP contribution in [0.3, 0.4) is 0 Å². The molecule has 0 radical (unpaired) electrons. The Balaban J connectivity index is 1.67. The fourth-order valence-corrected chi connectivity index (χ4v) is 2.98. The average molecular weight is 331 g/mol. The largest absolute Gasteiger partial charge is 0.484 e. The van der Waals surface area contributed by atoms with Gasteiger partial charge < -0.3 is 10.1 Å². The van der Waals surface area contributed by atoms with Crippen molar-refractivity contribution in [3.63, 3.8) is 0 Å². The number of hydrogen-bond donors (Lipinski definition) is 1. The van der Waals surface area contributed by atoms with Crippen molar-refractivity contribution in [1.82, 2.24) is 5.32 Å². The minimum atomic E-state index is -1.10. The van der Waals surface area contributed by atoms with E-state index in [0.29, 0.717) is 18.0 Å². The lowest BCUT2D eigenvalue weighted by Crippen LogP contribution is -2.32. The van der Waals surface area contributed by atoms with Gasteiger partial charge in [-0.05, 0) is 36.2 Å². The van der Waals surface area contributed by atoms with Gasteiger partial charge in [-0.1, -0.05) is 37.3 Å². The van der Waals surface area contributed by atoms with E-state index >= 15 is 0 Å². The lowest BCUT2D eigenvalue weighted by atomic mass is 10.2. The minimum Gasteiger partial charge on any atom is -0.484 e. The number of aryl methyl sites for hydroxylation is 1. The number of ether oxygens (including phenoxy) is 1. The quantitative estimate of drug-likeness (QED) is 0.809. The van der Waals surface area contributed by atoms with Gasteiger partial charge in [0.15, 0.2) is 6.61 Å². The summed E-state index contributed by atoms with van der Waals surface area (Å²) in [7, 11) is -1.10. The molecular weight excluding hydrogens is 310 g/mol. The summed E-state index contributed by atoms with van der Waals surface area (Å²) in [6, 6.07) is 16.9. The molecule has 2 rings (SSSR count). The van der Waals surface area contributed by atoms with E-state index in [9.17, 15) is 9.00 Å². The van der Waals surface area contributed by atoms with E-state index < -0.39 is 10.8 Å². The molecule has 0 aromatic heterocycles. The maximum atomic E-state index is 12.0. The van der Waals surface area contributed by atoms with Crippen LogP contribution < -0.4 is 10.1 Å². The van der Waals surface area contributed by atoms with E-state index in [1.807, 2.05) is 54.6 Å². The number of amides is 1. The molecule has 0 bridgehead atoms. The minimum absolute atomic E-state index is 0.0383. The molecule has 0 saturated carbocycles. The van der Waals surface area contributed by atoms with Crippen LogP contribution in [0.1, 0.15) is 12.5 Å². The van der Waals surface area contributed by atoms with E-state index in [1.165, 1.54) is 5.56 Å². The molecule has 5 heteroatoms. The Bertz CT molecular complexity index is 641. The third kappa shape index (κ3) is 5.87. The lowest BCUT2D eigenvalue weighted by Gasteiger charge is -2.08. The molecule has 0 unspecified atom stereocenters. The Morgan fingerprint density at radius 1 is 1.09 bits per heavy atom. The van der Waals surface area contributed by atoms with Gasteiger partial charge in [0.25, 0.3) is 5.91 Å². The molecule has 4 nitrogen and oxygen atoms in total. The number of carbonyl (C=O) groups is 1. The van der Waals surface area contributed by atoms with Crippen LogP contribution in [0.2, 0.25) is 0 Å². The molecule has 23 heavy (non-hydrogen) atoms. The highest BCUT2D eigenvalue weighted by Crippen LogP contribution is 2.12. The van der Waals surface area contributed by atoms with Crippen LogP contribution in [-0.4, -0.2) is 29.0 Å². The Kier molecular flexibility index (Phi) is 6.81. The number of carbonyl (C=O) groups excluding carboxylic acids is 1. The van der Waals surface area contributed by atoms with E-state index in [-0.39, 0.29) is 12.5 Å². The van der Waals surface area contributed by atoms with Crippen LogP contribution in [-0.2, 0) is 22.0 Å². The summed E-state index contributed by atoms with van der Waals surface area (Å²) in [4.78, 5) is 12.5. The standard InChI is InChI=1S/C18H21NO3S/c1-2-15-8-10-16(11-9-15)22-14-18(20)19-12-13-23(21)17-6-4-3-5-7-17/h3-11H,2,12-14H2,1H3,(H,19,20)/t23-/m1/s1. The molecule has 2 aromatic carbocycles. The Hall–Kier alpha value is -2.14. The second-order valence-electron chi connectivity index (χ2n) is 5.00. The predicted octanol–water partition coefficient (Wildman–Crippen LogP) is 2.55. The zero-order chi connectivity index (χ0) is 16.5. The first-order chi connectivity index (χ1) is 11.2. The maximum Gasteiger partial charge on any atom is 0.257 e. The molecule has 0 aliphatic rings. The number of nitrogens with one attached hydrogen (secondary N) is 1. The highest BCUT2D eigenvalue weighted by molar-refractivity contribution is 7.85. The molecule has 1 atom stereocenters. The smallest absolute Gasteiger partial charge is 0.257 e. The molecule has 2 aromatic rings. The third-order valence-corrected chi connectivity index (χ3v) is 4.69. The van der Waals surface area contributed by atoms with Crippen molar-refractivity contribution in [2.75, 3.05) is 18.9 Å². The average Bonchev–Trinajstić information content (AvgIpc) is 2.61. The fraction of sp³-hybridized carbons (Fsp3) is 0.278. The molecule has 0 fully saturated rings. The molecule has 0 aliphatic heterocycles. The Morgan fingerprint density at radius 3 is 2.43 bits per heavy atom. The summed E-state index contributed by atoms with van der Waals surface area (Å²) in [5.74, 6) is 0.848. The van der Waals surface area contributed by atoms with Gasteiger partial charge in [-0.3, -0.25) is 9.00 Å². The summed E-state index contributed by atoms with van der Waals surface area (Å²) in [5, 5.41) is 2.72. The number of hydrogen-bond acceptors (Lipinski definition) is 3. The van der Waals surface area contributed by atoms with Gasteiger partial charge >= 0.3 is 0 Å². The molecule has 0 heterocycles. The van der Waals surface area contributed by atoms with Crippen LogP contribution in [0.25, 0.3) is 0 Å². The van der Waals surface area contributed by atoms with Crippen LogP contribution in [0.4, 0.5) is 0 Å². The van der Waals surface area contributed by atoms with Crippen molar-refractivity contribution < 1.29 is 13.7 Å². The molecule has 122 valence electrons. The second kappa shape index (κ2) is 9.10. The zero-order valence-electron chi connectivity index (χ0n) is 13.2. The molecule has 0 aliphatic carbocycles. The zero-order valence-corrected chi connectivity index (χ0v) is 14.0. The van der Waals surface area contributed by atoms with Crippen molar-refractivity contribution in [3.8, 4) is 5.75 Å². The van der Waals surface area contributed by atoms with Crippen LogP contribution in [0.15, 0.2) is 59.5 Å². The van der Waals surface area contributed by atoms with Gasteiger partial charge in [-0.2, -0.15) is 0 Å². The summed E-state index contributed by atoms with van der Waals surface area (Å²) < 4.78 is 17.4. The summed E-state index contributed by atoms with van der Waals surface area (Å²) >= 11 is 0. The van der Waals surface area contributed by atoms with Crippen molar-refractivity contribution in [1.29, 1.82) is 0 Å². The SMILES string of the molecule is CCc1ccc(OCC(=O)NCC[S@@](=O)c2ccccc2)cc1. The van der Waals surface area contributed by atoms with Crippen molar-refractivity contribution in [3.05, 3.63) is 60.2 Å². The van der Waals surface area contributed by atoms with Crippen molar-refractivity contribution in [2.24, 2.45) is 0 Å². The highest BCUT2D eigenvalue weighted by Gasteiger charge is 2.06. The normalized spacial score (nSPS) is 11.7. The molecule has 0 spiro atoms. The van der Waals surface area contributed by atoms with Gasteiger partial charge in [0.1, 0.15) is 5.75 Å². The van der Waals surface area contributed by atoms with Gasteiger partial charge in [0, 0.05) is 17.2 Å². The highest BCUT2D eigenvalue weighted by atomic mass is 32.2. The first-order valence-electron chi connectivity index (χ1n) is 7.61. The van der Waals surface area contributed by atoms with E-state index in [1.54, 1.807) is 0 Å². The maximum absolute atomic E-state index is 12.0. The van der Waals surface area contributed by atoms with Crippen LogP contribution in [0, 0.1) is 0 Å². The summed E-state index contributed by atoms with van der Waals surface area (Å²) in [5.41, 5.74) is 1.23. The fourth-order valence-electron chi connectivity index (χ4n) is 1.99. The Morgan fingerprint density at radius 2 is 1.78 bits per heavy atom. The molecule has 1 N–H and O–H groups in total.